The molecule has 4 nitrogen and oxygen atoms in total. The first-order valence-electron chi connectivity index (χ1n) is 9.10. The first-order valence-corrected chi connectivity index (χ1v) is 9.10. The first kappa shape index (κ1) is 17.9. The van der Waals surface area contributed by atoms with Crippen molar-refractivity contribution in [3.63, 3.8) is 0 Å². The largest absolute Gasteiger partial charge is 0.487 e. The fourth-order valence-electron chi connectivity index (χ4n) is 3.23. The van der Waals surface area contributed by atoms with Crippen molar-refractivity contribution in [2.45, 2.75) is 12.5 Å². The van der Waals surface area contributed by atoms with E-state index in [2.05, 4.69) is 10.3 Å². The lowest BCUT2D eigenvalue weighted by Crippen LogP contribution is -2.33. The number of para-hydroxylation sites is 1. The van der Waals surface area contributed by atoms with E-state index in [4.69, 9.17) is 4.74 Å². The van der Waals surface area contributed by atoms with Crippen LogP contribution < -0.4 is 10.1 Å². The van der Waals surface area contributed by atoms with E-state index in [0.717, 1.165) is 29.0 Å². The van der Waals surface area contributed by atoms with E-state index < -0.39 is 0 Å². The van der Waals surface area contributed by atoms with E-state index >= 15 is 0 Å². The van der Waals surface area contributed by atoms with Crippen LogP contribution in [0.2, 0.25) is 0 Å². The Bertz CT molecular complexity index is 1020. The number of halogens is 1. The quantitative estimate of drug-likeness (QED) is 0.686. The number of hydrogen-bond acceptors (Lipinski definition) is 3. The molecule has 3 aromatic rings. The molecule has 2 aromatic carbocycles. The second-order valence-electron chi connectivity index (χ2n) is 6.59. The minimum absolute atomic E-state index is 0.133. The summed E-state index contributed by atoms with van der Waals surface area (Å²) in [5.41, 5.74) is 3.57. The molecule has 1 N–H and O–H groups in total. The maximum atomic E-state index is 13.2. The van der Waals surface area contributed by atoms with Gasteiger partial charge in [-0.25, -0.2) is 4.39 Å². The van der Waals surface area contributed by atoms with Crippen molar-refractivity contribution >= 4 is 12.0 Å². The molecule has 5 heteroatoms. The molecule has 4 rings (SSSR count). The van der Waals surface area contributed by atoms with E-state index in [1.807, 2.05) is 36.4 Å². The van der Waals surface area contributed by atoms with E-state index in [0.29, 0.717) is 12.1 Å². The molecule has 0 saturated heterocycles. The Balaban J connectivity index is 1.37. The van der Waals surface area contributed by atoms with Crippen LogP contribution in [0.1, 0.15) is 11.1 Å². The van der Waals surface area contributed by atoms with Gasteiger partial charge in [0, 0.05) is 24.3 Å². The number of nitrogens with one attached hydrogen (secondary N) is 1. The molecule has 2 heterocycles. The smallest absolute Gasteiger partial charge is 0.244 e. The molecule has 1 amide bonds. The zero-order valence-electron chi connectivity index (χ0n) is 15.1. The summed E-state index contributed by atoms with van der Waals surface area (Å²) in [5.74, 6) is 0.257. The van der Waals surface area contributed by atoms with Gasteiger partial charge in [0.15, 0.2) is 0 Å². The Morgan fingerprint density at radius 1 is 1.18 bits per heavy atom. The molecule has 1 aliphatic rings. The third-order valence-corrected chi connectivity index (χ3v) is 4.55. The van der Waals surface area contributed by atoms with Gasteiger partial charge in [0.2, 0.25) is 5.91 Å². The van der Waals surface area contributed by atoms with E-state index in [1.165, 1.54) is 18.2 Å². The average molecular weight is 374 g/mol. The van der Waals surface area contributed by atoms with Crippen LogP contribution in [0.25, 0.3) is 17.3 Å². The molecule has 0 spiro atoms. The lowest BCUT2D eigenvalue weighted by molar-refractivity contribution is -0.116. The number of carbonyl (C=O) groups is 1. The van der Waals surface area contributed by atoms with Gasteiger partial charge in [0.05, 0.1) is 12.2 Å². The topological polar surface area (TPSA) is 51.2 Å². The lowest BCUT2D eigenvalue weighted by Gasteiger charge is -2.12. The van der Waals surface area contributed by atoms with Crippen molar-refractivity contribution in [1.82, 2.24) is 10.3 Å². The predicted molar refractivity (Wildman–Crippen MR) is 106 cm³/mol. The van der Waals surface area contributed by atoms with Crippen LogP contribution in [0.5, 0.6) is 5.75 Å². The minimum atomic E-state index is -0.330. The van der Waals surface area contributed by atoms with Crippen LogP contribution >= 0.6 is 0 Å². The second-order valence-corrected chi connectivity index (χ2v) is 6.59. The third-order valence-electron chi connectivity index (χ3n) is 4.55. The Labute approximate surface area is 162 Å². The number of fused-ring (bicyclic) bond motifs is 1. The summed E-state index contributed by atoms with van der Waals surface area (Å²) < 4.78 is 19.3. The Morgan fingerprint density at radius 3 is 2.89 bits per heavy atom. The maximum absolute atomic E-state index is 13.2. The SMILES string of the molecule is O=C(/C=C/c1cccc(F)c1)NCC1Cc2cccc(-c3ccccn3)c2O1. The zero-order valence-corrected chi connectivity index (χ0v) is 15.1. The second kappa shape index (κ2) is 8.05. The van der Waals surface area contributed by atoms with E-state index in [-0.39, 0.29) is 17.8 Å². The van der Waals surface area contributed by atoms with Crippen molar-refractivity contribution in [1.29, 1.82) is 0 Å². The lowest BCUT2D eigenvalue weighted by atomic mass is 10.0. The maximum Gasteiger partial charge on any atom is 0.244 e. The summed E-state index contributed by atoms with van der Waals surface area (Å²) in [4.78, 5) is 16.5. The minimum Gasteiger partial charge on any atom is -0.487 e. The van der Waals surface area contributed by atoms with Gasteiger partial charge in [-0.05, 0) is 47.5 Å². The van der Waals surface area contributed by atoms with Gasteiger partial charge in [-0.3, -0.25) is 9.78 Å². The molecule has 0 fully saturated rings. The van der Waals surface area contributed by atoms with Gasteiger partial charge in [0.1, 0.15) is 17.7 Å². The van der Waals surface area contributed by atoms with Crippen LogP contribution in [0.15, 0.2) is 72.9 Å². The van der Waals surface area contributed by atoms with Gasteiger partial charge in [-0.15, -0.1) is 0 Å². The molecule has 1 aliphatic heterocycles. The van der Waals surface area contributed by atoms with Gasteiger partial charge >= 0.3 is 0 Å². The number of ether oxygens (including phenoxy) is 1. The number of aromatic nitrogens is 1. The number of amides is 1. The van der Waals surface area contributed by atoms with Gasteiger partial charge in [0.25, 0.3) is 0 Å². The van der Waals surface area contributed by atoms with Crippen molar-refractivity contribution < 1.29 is 13.9 Å². The highest BCUT2D eigenvalue weighted by Crippen LogP contribution is 2.37. The molecule has 1 atom stereocenters. The van der Waals surface area contributed by atoms with Crippen molar-refractivity contribution in [2.24, 2.45) is 0 Å². The molecular formula is C23H19FN2O2. The Hall–Kier alpha value is -3.47. The summed E-state index contributed by atoms with van der Waals surface area (Å²) in [6, 6.07) is 17.9. The van der Waals surface area contributed by atoms with E-state index in [9.17, 15) is 9.18 Å². The summed E-state index contributed by atoms with van der Waals surface area (Å²) in [6.45, 7) is 0.392. The van der Waals surface area contributed by atoms with Crippen molar-refractivity contribution in [3.8, 4) is 17.0 Å². The Morgan fingerprint density at radius 2 is 2.07 bits per heavy atom. The van der Waals surface area contributed by atoms with Crippen LogP contribution in [0, 0.1) is 5.82 Å². The molecule has 0 aliphatic carbocycles. The summed E-state index contributed by atoms with van der Waals surface area (Å²) >= 11 is 0. The summed E-state index contributed by atoms with van der Waals surface area (Å²) in [7, 11) is 0. The summed E-state index contributed by atoms with van der Waals surface area (Å²) in [6.07, 6.45) is 5.33. The highest BCUT2D eigenvalue weighted by molar-refractivity contribution is 5.91. The van der Waals surface area contributed by atoms with Crippen molar-refractivity contribution in [2.75, 3.05) is 6.54 Å². The molecule has 0 saturated carbocycles. The van der Waals surface area contributed by atoms with Gasteiger partial charge in [-0.2, -0.15) is 0 Å². The van der Waals surface area contributed by atoms with E-state index in [1.54, 1.807) is 24.4 Å². The van der Waals surface area contributed by atoms with Gasteiger partial charge in [-0.1, -0.05) is 30.3 Å². The monoisotopic (exact) mass is 374 g/mol. The standard InChI is InChI=1S/C23H19FN2O2/c24-18-7-3-5-16(13-18)10-11-22(27)26-15-19-14-17-6-4-8-20(23(17)28-19)21-9-1-2-12-25-21/h1-13,19H,14-15H2,(H,26,27)/b11-10+. The van der Waals surface area contributed by atoms with Crippen molar-refractivity contribution in [3.05, 3.63) is 89.9 Å². The first-order chi connectivity index (χ1) is 13.7. The average Bonchev–Trinajstić information content (AvgIpc) is 3.14. The predicted octanol–water partition coefficient (Wildman–Crippen LogP) is 4.02. The molecule has 1 unspecified atom stereocenters. The van der Waals surface area contributed by atoms with Crippen LogP contribution in [-0.4, -0.2) is 23.5 Å². The number of carbonyl (C=O) groups excluding carboxylic acids is 1. The fraction of sp³-hybridized carbons (Fsp3) is 0.130. The number of rotatable bonds is 5. The molecule has 0 radical (unpaired) electrons. The number of benzene rings is 2. The van der Waals surface area contributed by atoms with Crippen LogP contribution in [0.4, 0.5) is 4.39 Å². The van der Waals surface area contributed by atoms with Crippen LogP contribution in [0.3, 0.4) is 0 Å². The number of pyridine rings is 1. The summed E-state index contributed by atoms with van der Waals surface area (Å²) in [5, 5.41) is 2.84. The molecule has 140 valence electrons. The highest BCUT2D eigenvalue weighted by atomic mass is 19.1. The number of nitrogens with zero attached hydrogens (tertiary/aromatic N) is 1. The highest BCUT2D eigenvalue weighted by Gasteiger charge is 2.26. The number of hydrogen-bond donors (Lipinski definition) is 1. The molecule has 28 heavy (non-hydrogen) atoms. The molecule has 0 bridgehead atoms. The normalized spacial score (nSPS) is 15.2. The molecular weight excluding hydrogens is 355 g/mol. The zero-order chi connectivity index (χ0) is 19.3. The third kappa shape index (κ3) is 4.09. The van der Waals surface area contributed by atoms with Gasteiger partial charge < -0.3 is 10.1 Å². The Kier molecular flexibility index (Phi) is 5.15. The fourth-order valence-corrected chi connectivity index (χ4v) is 3.23. The molecule has 1 aromatic heterocycles. The van der Waals surface area contributed by atoms with Crippen LogP contribution in [-0.2, 0) is 11.2 Å².